The monoisotopic (exact) mass is 397 g/mol. The van der Waals surface area contributed by atoms with Crippen molar-refractivity contribution in [3.05, 3.63) is 54.7 Å². The summed E-state index contributed by atoms with van der Waals surface area (Å²) in [6, 6.07) is 6.23. The number of anilines is 1. The third-order valence-corrected chi connectivity index (χ3v) is 5.96. The summed E-state index contributed by atoms with van der Waals surface area (Å²) in [6.45, 7) is 11.5. The second kappa shape index (κ2) is 8.95. The first-order valence-electron chi connectivity index (χ1n) is 10.3. The number of aromatic nitrogens is 1. The van der Waals surface area contributed by atoms with Crippen LogP contribution in [0.4, 0.5) is 10.2 Å². The lowest BCUT2D eigenvalue weighted by atomic mass is 9.81. The number of hydrogen-bond donors (Lipinski definition) is 1. The molecule has 4 nitrogen and oxygen atoms in total. The van der Waals surface area contributed by atoms with E-state index < -0.39 is 0 Å². The van der Waals surface area contributed by atoms with Crippen LogP contribution in [-0.2, 0) is 4.74 Å². The predicted octanol–water partition coefficient (Wildman–Crippen LogP) is 5.82. The van der Waals surface area contributed by atoms with Crippen LogP contribution in [0.15, 0.2) is 43.3 Å². The van der Waals surface area contributed by atoms with Gasteiger partial charge in [0.05, 0.1) is 11.3 Å². The lowest BCUT2D eigenvalue weighted by Gasteiger charge is -2.35. The smallest absolute Gasteiger partial charge is 0.134 e. The van der Waals surface area contributed by atoms with Crippen LogP contribution < -0.4 is 5.32 Å². The summed E-state index contributed by atoms with van der Waals surface area (Å²) in [5.41, 5.74) is 0.340. The maximum Gasteiger partial charge on any atom is 0.134 e. The average molecular weight is 398 g/mol. The number of benzene rings is 1. The summed E-state index contributed by atoms with van der Waals surface area (Å²) < 4.78 is 19.8. The number of halogens is 1. The van der Waals surface area contributed by atoms with E-state index in [2.05, 4.69) is 49.4 Å². The van der Waals surface area contributed by atoms with Gasteiger partial charge in [0.25, 0.3) is 0 Å². The summed E-state index contributed by atoms with van der Waals surface area (Å²) >= 11 is 0. The number of hydrogen-bond acceptors (Lipinski definition) is 4. The number of ether oxygens (including phenoxy) is 1. The van der Waals surface area contributed by atoms with E-state index in [0.717, 1.165) is 16.6 Å². The summed E-state index contributed by atoms with van der Waals surface area (Å²) in [7, 11) is 4.33. The second-order valence-corrected chi connectivity index (χ2v) is 8.44. The van der Waals surface area contributed by atoms with Crippen molar-refractivity contribution in [3.8, 4) is 0 Å². The van der Waals surface area contributed by atoms with Crippen molar-refractivity contribution in [1.82, 2.24) is 9.88 Å². The van der Waals surface area contributed by atoms with Crippen LogP contribution in [-0.4, -0.2) is 36.1 Å². The zero-order valence-electron chi connectivity index (χ0n) is 18.0. The van der Waals surface area contributed by atoms with Crippen molar-refractivity contribution < 1.29 is 9.13 Å². The summed E-state index contributed by atoms with van der Waals surface area (Å²) in [5.74, 6) is 1.80. The number of rotatable bonds is 7. The van der Waals surface area contributed by atoms with Gasteiger partial charge in [0.1, 0.15) is 17.4 Å². The SMILES string of the molecule is C=C(C)OC(=C)c1cc2cc(NC(C)C3CCC(N(C)C)CC3)ncc2cc1F. The van der Waals surface area contributed by atoms with Crippen LogP contribution in [0, 0.1) is 11.7 Å². The van der Waals surface area contributed by atoms with Crippen LogP contribution in [0.25, 0.3) is 16.5 Å². The lowest BCUT2D eigenvalue weighted by Crippen LogP contribution is -2.36. The molecule has 0 aliphatic heterocycles. The average Bonchev–Trinajstić information content (AvgIpc) is 2.67. The van der Waals surface area contributed by atoms with E-state index in [9.17, 15) is 4.39 Å². The highest BCUT2D eigenvalue weighted by Crippen LogP contribution is 2.31. The molecular formula is C24H32FN3O. The van der Waals surface area contributed by atoms with Crippen LogP contribution in [0.2, 0.25) is 0 Å². The van der Waals surface area contributed by atoms with E-state index in [1.807, 2.05) is 6.07 Å². The molecule has 3 rings (SSSR count). The number of pyridine rings is 1. The Kier molecular flexibility index (Phi) is 6.58. The standard InChI is InChI=1S/C24H32FN3O/c1-15(2)29-17(4)22-11-19-13-24(26-14-20(19)12-23(22)25)27-16(3)18-7-9-21(10-8-18)28(5)6/h11-14,16,18,21H,1,4,7-10H2,2-3,5-6H3,(H,26,27). The Morgan fingerprint density at radius 3 is 2.48 bits per heavy atom. The Labute approximate surface area is 173 Å². The zero-order valence-corrected chi connectivity index (χ0v) is 18.0. The molecular weight excluding hydrogens is 365 g/mol. The van der Waals surface area contributed by atoms with E-state index in [0.29, 0.717) is 29.3 Å². The van der Waals surface area contributed by atoms with Gasteiger partial charge >= 0.3 is 0 Å². The molecule has 1 atom stereocenters. The van der Waals surface area contributed by atoms with Gasteiger partial charge in [0, 0.05) is 23.7 Å². The summed E-state index contributed by atoms with van der Waals surface area (Å²) in [5, 5.41) is 5.20. The van der Waals surface area contributed by atoms with E-state index >= 15 is 0 Å². The first kappa shape index (κ1) is 21.3. The van der Waals surface area contributed by atoms with Crippen LogP contribution in [0.3, 0.4) is 0 Å². The number of nitrogens with zero attached hydrogens (tertiary/aromatic N) is 2. The molecule has 1 heterocycles. The molecule has 1 aromatic heterocycles. The highest BCUT2D eigenvalue weighted by Gasteiger charge is 2.26. The van der Waals surface area contributed by atoms with E-state index in [1.165, 1.54) is 31.7 Å². The molecule has 1 N–H and O–H groups in total. The van der Waals surface area contributed by atoms with Crippen molar-refractivity contribution in [1.29, 1.82) is 0 Å². The Bertz CT molecular complexity index is 900. The van der Waals surface area contributed by atoms with Crippen molar-refractivity contribution >= 4 is 22.3 Å². The molecule has 1 fully saturated rings. The minimum absolute atomic E-state index is 0.259. The van der Waals surface area contributed by atoms with Crippen LogP contribution in [0.5, 0.6) is 0 Å². The van der Waals surface area contributed by atoms with Crippen molar-refractivity contribution in [2.75, 3.05) is 19.4 Å². The van der Waals surface area contributed by atoms with Crippen LogP contribution >= 0.6 is 0 Å². The highest BCUT2D eigenvalue weighted by atomic mass is 19.1. The minimum atomic E-state index is -0.378. The van der Waals surface area contributed by atoms with Crippen LogP contribution in [0.1, 0.15) is 45.1 Å². The predicted molar refractivity (Wildman–Crippen MR) is 119 cm³/mol. The third-order valence-electron chi connectivity index (χ3n) is 5.96. The molecule has 1 saturated carbocycles. The fraction of sp³-hybridized carbons (Fsp3) is 0.458. The third kappa shape index (κ3) is 5.15. The molecule has 5 heteroatoms. The Morgan fingerprint density at radius 1 is 1.17 bits per heavy atom. The second-order valence-electron chi connectivity index (χ2n) is 8.44. The first-order chi connectivity index (χ1) is 13.7. The Balaban J connectivity index is 1.74. The molecule has 0 radical (unpaired) electrons. The molecule has 29 heavy (non-hydrogen) atoms. The van der Waals surface area contributed by atoms with Gasteiger partial charge in [0.15, 0.2) is 0 Å². The Hall–Kier alpha value is -2.40. The first-order valence-corrected chi connectivity index (χ1v) is 10.3. The van der Waals surface area contributed by atoms with E-state index in [4.69, 9.17) is 4.74 Å². The zero-order chi connectivity index (χ0) is 21.1. The minimum Gasteiger partial charge on any atom is -0.463 e. The molecule has 0 spiro atoms. The van der Waals surface area contributed by atoms with Gasteiger partial charge in [0.2, 0.25) is 0 Å². The molecule has 1 aromatic carbocycles. The quantitative estimate of drug-likeness (QED) is 0.598. The maximum absolute atomic E-state index is 14.4. The molecule has 0 saturated heterocycles. The van der Waals surface area contributed by atoms with Crippen molar-refractivity contribution in [2.24, 2.45) is 5.92 Å². The van der Waals surface area contributed by atoms with Crippen molar-refractivity contribution in [3.63, 3.8) is 0 Å². The molecule has 2 aromatic rings. The van der Waals surface area contributed by atoms with E-state index in [1.54, 1.807) is 19.2 Å². The molecule has 156 valence electrons. The van der Waals surface area contributed by atoms with Gasteiger partial charge in [-0.15, -0.1) is 0 Å². The molecule has 1 aliphatic rings. The lowest BCUT2D eigenvalue weighted by molar-refractivity contribution is 0.186. The molecule has 0 amide bonds. The van der Waals surface area contributed by atoms with Gasteiger partial charge in [-0.3, -0.25) is 0 Å². The largest absolute Gasteiger partial charge is 0.463 e. The van der Waals surface area contributed by atoms with Gasteiger partial charge in [-0.05, 0) is 83.1 Å². The topological polar surface area (TPSA) is 37.4 Å². The number of fused-ring (bicyclic) bond motifs is 1. The summed E-state index contributed by atoms with van der Waals surface area (Å²) in [6.07, 6.45) is 6.63. The maximum atomic E-state index is 14.4. The van der Waals surface area contributed by atoms with Gasteiger partial charge in [-0.1, -0.05) is 13.2 Å². The van der Waals surface area contributed by atoms with Crippen molar-refractivity contribution in [2.45, 2.75) is 51.6 Å². The fourth-order valence-electron chi connectivity index (χ4n) is 4.19. The fourth-order valence-corrected chi connectivity index (χ4v) is 4.19. The number of allylic oxidation sites excluding steroid dienone is 1. The number of nitrogens with one attached hydrogen (secondary N) is 1. The van der Waals surface area contributed by atoms with Gasteiger partial charge < -0.3 is 15.0 Å². The normalized spacial score (nSPS) is 20.5. The summed E-state index contributed by atoms with van der Waals surface area (Å²) in [4.78, 5) is 6.83. The van der Waals surface area contributed by atoms with E-state index in [-0.39, 0.29) is 11.6 Å². The Morgan fingerprint density at radius 2 is 1.86 bits per heavy atom. The highest BCUT2D eigenvalue weighted by molar-refractivity contribution is 5.87. The molecule has 1 unspecified atom stereocenters. The van der Waals surface area contributed by atoms with Gasteiger partial charge in [-0.25, -0.2) is 9.37 Å². The molecule has 1 aliphatic carbocycles. The van der Waals surface area contributed by atoms with Gasteiger partial charge in [-0.2, -0.15) is 0 Å². The molecule has 0 bridgehead atoms.